The zero-order chi connectivity index (χ0) is 16.2. The van der Waals surface area contributed by atoms with Crippen molar-refractivity contribution in [2.24, 2.45) is 5.41 Å². The molecule has 1 heterocycles. The van der Waals surface area contributed by atoms with Gasteiger partial charge in [-0.15, -0.1) is 0 Å². The molecule has 1 aromatic carbocycles. The SMILES string of the molecule is Cc1cc(C)c(OCC(=O)NCC2(C)CCNCC2)c(C)c1. The first-order valence-corrected chi connectivity index (χ1v) is 8.08. The number of aryl methyl sites for hydroxylation is 3. The van der Waals surface area contributed by atoms with Crippen molar-refractivity contribution in [3.63, 3.8) is 0 Å². The Morgan fingerprint density at radius 2 is 1.82 bits per heavy atom. The lowest BCUT2D eigenvalue weighted by Gasteiger charge is -2.34. The molecule has 22 heavy (non-hydrogen) atoms. The second-order valence-electron chi connectivity index (χ2n) is 6.85. The molecule has 2 N–H and O–H groups in total. The number of nitrogens with one attached hydrogen (secondary N) is 2. The van der Waals surface area contributed by atoms with Crippen molar-refractivity contribution >= 4 is 5.91 Å². The summed E-state index contributed by atoms with van der Waals surface area (Å²) in [5, 5.41) is 6.38. The molecule has 1 aromatic rings. The summed E-state index contributed by atoms with van der Waals surface area (Å²) in [5.74, 6) is 0.785. The summed E-state index contributed by atoms with van der Waals surface area (Å²) in [5.41, 5.74) is 3.58. The molecule has 1 amide bonds. The average molecular weight is 304 g/mol. The topological polar surface area (TPSA) is 50.4 Å². The number of amides is 1. The van der Waals surface area contributed by atoms with Crippen LogP contribution in [-0.4, -0.2) is 32.1 Å². The lowest BCUT2D eigenvalue weighted by Crippen LogP contribution is -2.43. The van der Waals surface area contributed by atoms with Gasteiger partial charge in [-0.25, -0.2) is 0 Å². The Hall–Kier alpha value is -1.55. The van der Waals surface area contributed by atoms with E-state index >= 15 is 0 Å². The molecule has 0 unspecified atom stereocenters. The van der Waals surface area contributed by atoms with Gasteiger partial charge in [0.1, 0.15) is 5.75 Å². The summed E-state index contributed by atoms with van der Waals surface area (Å²) in [6, 6.07) is 4.16. The van der Waals surface area contributed by atoms with Gasteiger partial charge in [0.2, 0.25) is 0 Å². The molecule has 0 aromatic heterocycles. The normalized spacial score (nSPS) is 17.1. The fourth-order valence-electron chi connectivity index (χ4n) is 3.10. The largest absolute Gasteiger partial charge is 0.483 e. The minimum atomic E-state index is -0.0425. The van der Waals surface area contributed by atoms with E-state index in [9.17, 15) is 4.79 Å². The number of ether oxygens (including phenoxy) is 1. The third kappa shape index (κ3) is 4.47. The molecular weight excluding hydrogens is 276 g/mol. The van der Waals surface area contributed by atoms with Crippen molar-refractivity contribution in [3.8, 4) is 5.75 Å². The molecule has 1 saturated heterocycles. The van der Waals surface area contributed by atoms with E-state index < -0.39 is 0 Å². The minimum absolute atomic E-state index is 0.0425. The molecule has 4 heteroatoms. The highest BCUT2D eigenvalue weighted by Crippen LogP contribution is 2.27. The standard InChI is InChI=1S/C18H28N2O2/c1-13-9-14(2)17(15(3)10-13)22-11-16(21)20-12-18(4)5-7-19-8-6-18/h9-10,19H,5-8,11-12H2,1-4H3,(H,20,21). The first kappa shape index (κ1) is 16.8. The molecule has 0 radical (unpaired) electrons. The van der Waals surface area contributed by atoms with Gasteiger partial charge in [0.25, 0.3) is 5.91 Å². The van der Waals surface area contributed by atoms with Crippen molar-refractivity contribution in [2.75, 3.05) is 26.2 Å². The van der Waals surface area contributed by atoms with Crippen LogP contribution in [-0.2, 0) is 4.79 Å². The first-order chi connectivity index (χ1) is 10.4. The zero-order valence-corrected chi connectivity index (χ0v) is 14.2. The number of benzene rings is 1. The molecule has 4 nitrogen and oxygen atoms in total. The Bertz CT molecular complexity index is 511. The lowest BCUT2D eigenvalue weighted by atomic mass is 9.81. The van der Waals surface area contributed by atoms with E-state index in [0.29, 0.717) is 0 Å². The molecule has 0 atom stereocenters. The Labute approximate surface area is 133 Å². The fraction of sp³-hybridized carbons (Fsp3) is 0.611. The van der Waals surface area contributed by atoms with Crippen molar-refractivity contribution in [1.29, 1.82) is 0 Å². The van der Waals surface area contributed by atoms with Crippen LogP contribution >= 0.6 is 0 Å². The zero-order valence-electron chi connectivity index (χ0n) is 14.2. The molecule has 0 aliphatic carbocycles. The summed E-state index contributed by atoms with van der Waals surface area (Å²) < 4.78 is 5.73. The first-order valence-electron chi connectivity index (χ1n) is 8.08. The van der Waals surface area contributed by atoms with E-state index in [-0.39, 0.29) is 17.9 Å². The van der Waals surface area contributed by atoms with Crippen LogP contribution in [0.1, 0.15) is 36.5 Å². The Morgan fingerprint density at radius 3 is 2.41 bits per heavy atom. The summed E-state index contributed by atoms with van der Waals surface area (Å²) >= 11 is 0. The molecule has 0 bridgehead atoms. The smallest absolute Gasteiger partial charge is 0.257 e. The summed E-state index contributed by atoms with van der Waals surface area (Å²) in [7, 11) is 0. The van der Waals surface area contributed by atoms with E-state index in [0.717, 1.165) is 49.4 Å². The minimum Gasteiger partial charge on any atom is -0.483 e. The third-order valence-corrected chi connectivity index (χ3v) is 4.48. The van der Waals surface area contributed by atoms with E-state index in [1.165, 1.54) is 5.56 Å². The van der Waals surface area contributed by atoms with Crippen LogP contribution in [0.5, 0.6) is 5.75 Å². The maximum atomic E-state index is 12.0. The molecular formula is C18H28N2O2. The summed E-state index contributed by atoms with van der Waals surface area (Å²) in [6.07, 6.45) is 2.20. The molecule has 1 aliphatic heterocycles. The predicted molar refractivity (Wildman–Crippen MR) is 89.4 cm³/mol. The van der Waals surface area contributed by atoms with Crippen LogP contribution in [0.2, 0.25) is 0 Å². The van der Waals surface area contributed by atoms with Gasteiger partial charge < -0.3 is 15.4 Å². The van der Waals surface area contributed by atoms with Crippen molar-refractivity contribution in [3.05, 3.63) is 28.8 Å². The van der Waals surface area contributed by atoms with E-state index in [4.69, 9.17) is 4.74 Å². The van der Waals surface area contributed by atoms with Crippen molar-refractivity contribution in [1.82, 2.24) is 10.6 Å². The fourth-order valence-corrected chi connectivity index (χ4v) is 3.10. The van der Waals surface area contributed by atoms with Crippen LogP contribution in [0.3, 0.4) is 0 Å². The van der Waals surface area contributed by atoms with Gasteiger partial charge in [-0.3, -0.25) is 4.79 Å². The molecule has 0 spiro atoms. The second-order valence-corrected chi connectivity index (χ2v) is 6.85. The quantitative estimate of drug-likeness (QED) is 0.879. The molecule has 2 rings (SSSR count). The van der Waals surface area contributed by atoms with E-state index in [1.54, 1.807) is 0 Å². The molecule has 1 aliphatic rings. The Kier molecular flexibility index (Phi) is 5.46. The van der Waals surface area contributed by atoms with Gasteiger partial charge in [-0.05, 0) is 63.2 Å². The van der Waals surface area contributed by atoms with Crippen LogP contribution in [0, 0.1) is 26.2 Å². The average Bonchev–Trinajstić information content (AvgIpc) is 2.45. The maximum absolute atomic E-state index is 12.0. The Balaban J connectivity index is 1.83. The van der Waals surface area contributed by atoms with Crippen LogP contribution in [0.25, 0.3) is 0 Å². The Morgan fingerprint density at radius 1 is 1.23 bits per heavy atom. The van der Waals surface area contributed by atoms with Crippen molar-refractivity contribution in [2.45, 2.75) is 40.5 Å². The highest BCUT2D eigenvalue weighted by molar-refractivity contribution is 5.77. The van der Waals surface area contributed by atoms with E-state index in [2.05, 4.69) is 36.6 Å². The third-order valence-electron chi connectivity index (χ3n) is 4.48. The number of piperidine rings is 1. The van der Waals surface area contributed by atoms with Crippen LogP contribution < -0.4 is 15.4 Å². The number of carbonyl (C=O) groups is 1. The van der Waals surface area contributed by atoms with Gasteiger partial charge in [-0.2, -0.15) is 0 Å². The van der Waals surface area contributed by atoms with Crippen molar-refractivity contribution < 1.29 is 9.53 Å². The van der Waals surface area contributed by atoms with Gasteiger partial charge in [-0.1, -0.05) is 24.6 Å². The molecule has 0 saturated carbocycles. The predicted octanol–water partition coefficient (Wildman–Crippen LogP) is 2.50. The van der Waals surface area contributed by atoms with E-state index in [1.807, 2.05) is 13.8 Å². The second kappa shape index (κ2) is 7.14. The lowest BCUT2D eigenvalue weighted by molar-refractivity contribution is -0.123. The summed E-state index contributed by atoms with van der Waals surface area (Å²) in [6.45, 7) is 11.2. The highest BCUT2D eigenvalue weighted by Gasteiger charge is 2.27. The monoisotopic (exact) mass is 304 g/mol. The number of carbonyl (C=O) groups excluding carboxylic acids is 1. The highest BCUT2D eigenvalue weighted by atomic mass is 16.5. The van der Waals surface area contributed by atoms with Gasteiger partial charge in [0.05, 0.1) is 0 Å². The van der Waals surface area contributed by atoms with Crippen LogP contribution in [0.4, 0.5) is 0 Å². The number of hydrogen-bond acceptors (Lipinski definition) is 3. The molecule has 122 valence electrons. The maximum Gasteiger partial charge on any atom is 0.257 e. The number of rotatable bonds is 5. The van der Waals surface area contributed by atoms with Gasteiger partial charge in [0.15, 0.2) is 6.61 Å². The number of hydrogen-bond donors (Lipinski definition) is 2. The summed E-state index contributed by atoms with van der Waals surface area (Å²) in [4.78, 5) is 12.0. The van der Waals surface area contributed by atoms with Gasteiger partial charge >= 0.3 is 0 Å². The van der Waals surface area contributed by atoms with Gasteiger partial charge in [0, 0.05) is 6.54 Å². The van der Waals surface area contributed by atoms with Crippen LogP contribution in [0.15, 0.2) is 12.1 Å². The molecule has 1 fully saturated rings.